The van der Waals surface area contributed by atoms with Gasteiger partial charge in [-0.05, 0) is 19.1 Å². The highest BCUT2D eigenvalue weighted by Gasteiger charge is 2.15. The van der Waals surface area contributed by atoms with E-state index in [2.05, 4.69) is 5.10 Å². The SMILES string of the molecule is Cc1cccc(C(=O)N(C)Cc2c(Cl)cnn2C)c1. The molecule has 0 atom stereocenters. The summed E-state index contributed by atoms with van der Waals surface area (Å²) in [4.78, 5) is 13.9. The molecule has 0 radical (unpaired) electrons. The summed E-state index contributed by atoms with van der Waals surface area (Å²) >= 11 is 6.04. The molecule has 0 saturated carbocycles. The Kier molecular flexibility index (Phi) is 3.90. The van der Waals surface area contributed by atoms with Crippen LogP contribution >= 0.6 is 11.6 Å². The van der Waals surface area contributed by atoms with Crippen molar-refractivity contribution in [2.75, 3.05) is 7.05 Å². The average molecular weight is 278 g/mol. The van der Waals surface area contributed by atoms with E-state index in [9.17, 15) is 4.79 Å². The molecule has 2 aromatic rings. The fraction of sp³-hybridized carbons (Fsp3) is 0.286. The van der Waals surface area contributed by atoms with Crippen molar-refractivity contribution in [2.24, 2.45) is 7.05 Å². The summed E-state index contributed by atoms with van der Waals surface area (Å²) in [6, 6.07) is 7.54. The highest BCUT2D eigenvalue weighted by Crippen LogP contribution is 2.17. The van der Waals surface area contributed by atoms with Gasteiger partial charge in [0, 0.05) is 19.7 Å². The Morgan fingerprint density at radius 1 is 1.47 bits per heavy atom. The molecule has 0 aliphatic carbocycles. The van der Waals surface area contributed by atoms with Gasteiger partial charge in [-0.2, -0.15) is 5.10 Å². The van der Waals surface area contributed by atoms with Gasteiger partial charge in [-0.25, -0.2) is 0 Å². The number of halogens is 1. The van der Waals surface area contributed by atoms with Gasteiger partial charge >= 0.3 is 0 Å². The van der Waals surface area contributed by atoms with Crippen molar-refractivity contribution in [3.8, 4) is 0 Å². The lowest BCUT2D eigenvalue weighted by molar-refractivity contribution is 0.0782. The smallest absolute Gasteiger partial charge is 0.253 e. The summed E-state index contributed by atoms with van der Waals surface area (Å²) in [6.07, 6.45) is 1.59. The zero-order chi connectivity index (χ0) is 14.0. The zero-order valence-corrected chi connectivity index (χ0v) is 12.0. The second-order valence-electron chi connectivity index (χ2n) is 4.59. The molecule has 0 aliphatic rings. The van der Waals surface area contributed by atoms with Gasteiger partial charge < -0.3 is 4.90 Å². The van der Waals surface area contributed by atoms with Crippen molar-refractivity contribution < 1.29 is 4.79 Å². The van der Waals surface area contributed by atoms with Crippen LogP contribution in [0.25, 0.3) is 0 Å². The van der Waals surface area contributed by atoms with Crippen LogP contribution in [0.1, 0.15) is 21.6 Å². The Morgan fingerprint density at radius 2 is 2.21 bits per heavy atom. The Morgan fingerprint density at radius 3 is 2.79 bits per heavy atom. The van der Waals surface area contributed by atoms with Gasteiger partial charge in [0.15, 0.2) is 0 Å². The third-order valence-electron chi connectivity index (χ3n) is 3.01. The molecule has 0 fully saturated rings. The van der Waals surface area contributed by atoms with Crippen LogP contribution in [-0.4, -0.2) is 27.6 Å². The molecule has 0 aliphatic heterocycles. The monoisotopic (exact) mass is 277 g/mol. The van der Waals surface area contributed by atoms with Crippen LogP contribution in [0.5, 0.6) is 0 Å². The lowest BCUT2D eigenvalue weighted by Gasteiger charge is -2.17. The zero-order valence-electron chi connectivity index (χ0n) is 11.2. The first-order valence-corrected chi connectivity index (χ1v) is 6.35. The summed E-state index contributed by atoms with van der Waals surface area (Å²) < 4.78 is 1.68. The quantitative estimate of drug-likeness (QED) is 0.865. The lowest BCUT2D eigenvalue weighted by atomic mass is 10.1. The summed E-state index contributed by atoms with van der Waals surface area (Å²) in [5, 5.41) is 4.64. The van der Waals surface area contributed by atoms with Crippen molar-refractivity contribution >= 4 is 17.5 Å². The highest BCUT2D eigenvalue weighted by atomic mass is 35.5. The van der Waals surface area contributed by atoms with E-state index < -0.39 is 0 Å². The van der Waals surface area contributed by atoms with Gasteiger partial charge in [-0.3, -0.25) is 9.48 Å². The van der Waals surface area contributed by atoms with Crippen molar-refractivity contribution in [1.29, 1.82) is 0 Å². The Labute approximate surface area is 117 Å². The van der Waals surface area contributed by atoms with E-state index in [0.29, 0.717) is 17.1 Å². The molecule has 100 valence electrons. The van der Waals surface area contributed by atoms with Crippen molar-refractivity contribution in [3.63, 3.8) is 0 Å². The predicted octanol–water partition coefficient (Wildman–Crippen LogP) is 2.65. The fourth-order valence-corrected chi connectivity index (χ4v) is 2.13. The third kappa shape index (κ3) is 2.96. The minimum atomic E-state index is -0.0269. The number of nitrogens with zero attached hydrogens (tertiary/aromatic N) is 3. The molecule has 5 heteroatoms. The molecule has 0 bridgehead atoms. The topological polar surface area (TPSA) is 38.1 Å². The second-order valence-corrected chi connectivity index (χ2v) is 5.00. The number of benzene rings is 1. The maximum atomic E-state index is 12.3. The minimum Gasteiger partial charge on any atom is -0.336 e. The number of rotatable bonds is 3. The van der Waals surface area contributed by atoms with Gasteiger partial charge in [0.2, 0.25) is 0 Å². The maximum absolute atomic E-state index is 12.3. The highest BCUT2D eigenvalue weighted by molar-refractivity contribution is 6.31. The molecule has 0 N–H and O–H groups in total. The van der Waals surface area contributed by atoms with E-state index >= 15 is 0 Å². The lowest BCUT2D eigenvalue weighted by Crippen LogP contribution is -2.27. The average Bonchev–Trinajstić information content (AvgIpc) is 2.69. The third-order valence-corrected chi connectivity index (χ3v) is 3.32. The minimum absolute atomic E-state index is 0.0269. The van der Waals surface area contributed by atoms with Crippen molar-refractivity contribution in [3.05, 3.63) is 52.3 Å². The predicted molar refractivity (Wildman–Crippen MR) is 75.2 cm³/mol. The number of hydrogen-bond donors (Lipinski definition) is 0. The van der Waals surface area contributed by atoms with Crippen LogP contribution in [0.3, 0.4) is 0 Å². The van der Waals surface area contributed by atoms with E-state index in [1.807, 2.05) is 38.2 Å². The number of aryl methyl sites for hydroxylation is 2. The van der Waals surface area contributed by atoms with Crippen molar-refractivity contribution in [2.45, 2.75) is 13.5 Å². The normalized spacial score (nSPS) is 10.5. The van der Waals surface area contributed by atoms with E-state index in [4.69, 9.17) is 11.6 Å². The first-order valence-electron chi connectivity index (χ1n) is 5.97. The molecule has 0 spiro atoms. The number of carbonyl (C=O) groups is 1. The van der Waals surface area contributed by atoms with Crippen LogP contribution in [0, 0.1) is 6.92 Å². The molecular formula is C14H16ClN3O. The number of hydrogen-bond acceptors (Lipinski definition) is 2. The van der Waals surface area contributed by atoms with Crippen LogP contribution in [0.2, 0.25) is 5.02 Å². The molecule has 1 heterocycles. The molecule has 4 nitrogen and oxygen atoms in total. The summed E-state index contributed by atoms with van der Waals surface area (Å²) in [5.41, 5.74) is 2.57. The van der Waals surface area contributed by atoms with Gasteiger partial charge in [0.1, 0.15) is 0 Å². The van der Waals surface area contributed by atoms with Crippen LogP contribution in [0.4, 0.5) is 0 Å². The summed E-state index contributed by atoms with van der Waals surface area (Å²) in [6.45, 7) is 2.40. The molecule has 0 unspecified atom stereocenters. The summed E-state index contributed by atoms with van der Waals surface area (Å²) in [7, 11) is 3.57. The van der Waals surface area contributed by atoms with E-state index in [1.54, 1.807) is 22.8 Å². The molecule has 1 amide bonds. The van der Waals surface area contributed by atoms with Gasteiger partial charge in [-0.15, -0.1) is 0 Å². The second kappa shape index (κ2) is 5.45. The van der Waals surface area contributed by atoms with E-state index in [-0.39, 0.29) is 5.91 Å². The Hall–Kier alpha value is -1.81. The first-order chi connectivity index (χ1) is 8.99. The molecular weight excluding hydrogens is 262 g/mol. The van der Waals surface area contributed by atoms with Crippen LogP contribution < -0.4 is 0 Å². The number of amides is 1. The summed E-state index contributed by atoms with van der Waals surface area (Å²) in [5.74, 6) is -0.0269. The Bertz CT molecular complexity index is 587. The molecule has 0 saturated heterocycles. The number of aromatic nitrogens is 2. The fourth-order valence-electron chi connectivity index (χ4n) is 1.91. The van der Waals surface area contributed by atoms with Crippen LogP contribution in [0.15, 0.2) is 30.5 Å². The Balaban J connectivity index is 2.16. The van der Waals surface area contributed by atoms with E-state index in [1.165, 1.54) is 0 Å². The number of carbonyl (C=O) groups excluding carboxylic acids is 1. The maximum Gasteiger partial charge on any atom is 0.253 e. The van der Waals surface area contributed by atoms with E-state index in [0.717, 1.165) is 11.3 Å². The molecule has 19 heavy (non-hydrogen) atoms. The molecule has 1 aromatic carbocycles. The standard InChI is InChI=1S/C14H16ClN3O/c1-10-5-4-6-11(7-10)14(19)17(2)9-13-12(15)8-16-18(13)3/h4-8H,9H2,1-3H3. The first kappa shape index (κ1) is 13.6. The molecule has 2 rings (SSSR count). The molecule has 1 aromatic heterocycles. The van der Waals surface area contributed by atoms with Crippen molar-refractivity contribution in [1.82, 2.24) is 14.7 Å². The van der Waals surface area contributed by atoms with Crippen LogP contribution in [-0.2, 0) is 13.6 Å². The largest absolute Gasteiger partial charge is 0.336 e. The van der Waals surface area contributed by atoms with Gasteiger partial charge in [0.25, 0.3) is 5.91 Å². The van der Waals surface area contributed by atoms with Gasteiger partial charge in [-0.1, -0.05) is 29.3 Å². The van der Waals surface area contributed by atoms with Gasteiger partial charge in [0.05, 0.1) is 23.5 Å².